The number of carbonyl (C=O) groups is 1. The van der Waals surface area contributed by atoms with E-state index < -0.39 is 17.9 Å². The van der Waals surface area contributed by atoms with E-state index in [4.69, 9.17) is 15.2 Å². The van der Waals surface area contributed by atoms with Crippen molar-refractivity contribution >= 4 is 41.3 Å². The predicted molar refractivity (Wildman–Crippen MR) is 168 cm³/mol. The maximum absolute atomic E-state index is 15.2. The van der Waals surface area contributed by atoms with Gasteiger partial charge < -0.3 is 30.3 Å². The fourth-order valence-corrected chi connectivity index (χ4v) is 5.26. The summed E-state index contributed by atoms with van der Waals surface area (Å²) in [5.41, 5.74) is 7.71. The first-order valence-corrected chi connectivity index (χ1v) is 14.4. The van der Waals surface area contributed by atoms with Gasteiger partial charge in [-0.3, -0.25) is 9.79 Å². The summed E-state index contributed by atoms with van der Waals surface area (Å²) in [5, 5.41) is 3.45. The fraction of sp³-hybridized carbons (Fsp3) is 0.312. The van der Waals surface area contributed by atoms with Gasteiger partial charge >= 0.3 is 6.18 Å². The average Bonchev–Trinajstić information content (AvgIpc) is 3.01. The van der Waals surface area contributed by atoms with Crippen LogP contribution in [-0.2, 0) is 4.79 Å². The van der Waals surface area contributed by atoms with Crippen molar-refractivity contribution in [3.63, 3.8) is 0 Å². The summed E-state index contributed by atoms with van der Waals surface area (Å²) in [6.45, 7) is 7.95. The quantitative estimate of drug-likeness (QED) is 0.121. The van der Waals surface area contributed by atoms with Gasteiger partial charge in [0.1, 0.15) is 34.6 Å². The Kier molecular flexibility index (Phi) is 9.44. The number of nitrogens with zero attached hydrogens (tertiary/aromatic N) is 5. The molecule has 5 rings (SSSR count). The molecule has 2 saturated heterocycles. The molecule has 242 valence electrons. The minimum absolute atomic E-state index is 0.0162. The number of carbonyl (C=O) groups excluding carboxylic acids is 1. The van der Waals surface area contributed by atoms with Crippen molar-refractivity contribution in [2.45, 2.75) is 25.1 Å². The third-order valence-corrected chi connectivity index (χ3v) is 7.89. The van der Waals surface area contributed by atoms with Crippen LogP contribution in [0.1, 0.15) is 18.4 Å². The SMILES string of the molecule is C=CC(=O)N1CCC(Nc2cc(C(N)=Nc3ccc(Oc4ccnc(N5CC(C(F)(F)F)C5)c4)cc3F)c(N=C)cc2OC)CC1. The molecule has 0 unspecified atom stereocenters. The first kappa shape index (κ1) is 32.3. The highest BCUT2D eigenvalue weighted by molar-refractivity contribution is 6.04. The minimum atomic E-state index is -4.25. The van der Waals surface area contributed by atoms with Crippen molar-refractivity contribution in [3.8, 4) is 17.2 Å². The number of amidine groups is 1. The normalized spacial score (nSPS) is 16.1. The highest BCUT2D eigenvalue weighted by Gasteiger charge is 2.47. The number of amides is 1. The number of piperidine rings is 1. The molecule has 0 bridgehead atoms. The second kappa shape index (κ2) is 13.5. The van der Waals surface area contributed by atoms with Gasteiger partial charge in [0.25, 0.3) is 0 Å². The molecule has 0 spiro atoms. The van der Waals surface area contributed by atoms with Gasteiger partial charge in [-0.15, -0.1) is 0 Å². The van der Waals surface area contributed by atoms with Crippen LogP contribution in [0.5, 0.6) is 17.2 Å². The van der Waals surface area contributed by atoms with Gasteiger partial charge in [0.15, 0.2) is 5.82 Å². The number of aromatic nitrogens is 1. The number of likely N-dealkylation sites (tertiary alicyclic amines) is 1. The molecule has 2 aliphatic heterocycles. The van der Waals surface area contributed by atoms with E-state index in [9.17, 15) is 18.0 Å². The number of ether oxygens (including phenoxy) is 2. The first-order valence-electron chi connectivity index (χ1n) is 14.4. The van der Waals surface area contributed by atoms with Crippen LogP contribution in [0.2, 0.25) is 0 Å². The fourth-order valence-electron chi connectivity index (χ4n) is 5.26. The van der Waals surface area contributed by atoms with Crippen LogP contribution in [0.15, 0.2) is 71.3 Å². The van der Waals surface area contributed by atoms with Gasteiger partial charge in [0.05, 0.1) is 24.4 Å². The van der Waals surface area contributed by atoms with E-state index in [0.717, 1.165) is 6.07 Å². The monoisotopic (exact) mass is 639 g/mol. The van der Waals surface area contributed by atoms with Crippen LogP contribution in [0.4, 0.5) is 40.4 Å². The smallest absolute Gasteiger partial charge is 0.395 e. The largest absolute Gasteiger partial charge is 0.495 e. The van der Waals surface area contributed by atoms with Crippen LogP contribution in [0.3, 0.4) is 0 Å². The van der Waals surface area contributed by atoms with Crippen LogP contribution < -0.4 is 25.4 Å². The molecule has 2 fully saturated rings. The maximum atomic E-state index is 15.2. The zero-order chi connectivity index (χ0) is 33.0. The van der Waals surface area contributed by atoms with E-state index in [1.54, 1.807) is 17.0 Å². The molecular weight excluding hydrogens is 606 g/mol. The second-order valence-electron chi connectivity index (χ2n) is 10.9. The summed E-state index contributed by atoms with van der Waals surface area (Å²) in [6.07, 6.45) is -0.113. The average molecular weight is 640 g/mol. The molecule has 0 radical (unpaired) electrons. The molecule has 14 heteroatoms. The predicted octanol–water partition coefficient (Wildman–Crippen LogP) is 5.98. The third kappa shape index (κ3) is 7.22. The second-order valence-corrected chi connectivity index (χ2v) is 10.9. The lowest BCUT2D eigenvalue weighted by Crippen LogP contribution is -2.53. The Morgan fingerprint density at radius 3 is 2.46 bits per heavy atom. The number of methoxy groups -OCH3 is 1. The molecule has 0 saturated carbocycles. The van der Waals surface area contributed by atoms with Gasteiger partial charge in [-0.2, -0.15) is 13.2 Å². The Morgan fingerprint density at radius 1 is 1.11 bits per heavy atom. The highest BCUT2D eigenvalue weighted by Crippen LogP contribution is 2.38. The third-order valence-electron chi connectivity index (χ3n) is 7.89. The van der Waals surface area contributed by atoms with Crippen molar-refractivity contribution in [1.82, 2.24) is 9.88 Å². The highest BCUT2D eigenvalue weighted by atomic mass is 19.4. The maximum Gasteiger partial charge on any atom is 0.395 e. The van der Waals surface area contributed by atoms with Gasteiger partial charge in [-0.1, -0.05) is 6.58 Å². The Labute approximate surface area is 263 Å². The molecule has 3 aromatic rings. The van der Waals surface area contributed by atoms with E-state index in [0.29, 0.717) is 54.4 Å². The number of halogens is 4. The van der Waals surface area contributed by atoms with E-state index in [2.05, 4.69) is 33.6 Å². The Bertz CT molecular complexity index is 1650. The lowest BCUT2D eigenvalue weighted by atomic mass is 10.00. The molecular formula is C32H33F4N7O3. The van der Waals surface area contributed by atoms with Crippen molar-refractivity contribution < 1.29 is 31.8 Å². The summed E-state index contributed by atoms with van der Waals surface area (Å²) in [5.74, 6) is -0.960. The lowest BCUT2D eigenvalue weighted by Gasteiger charge is -2.40. The molecule has 3 heterocycles. The van der Waals surface area contributed by atoms with E-state index >= 15 is 4.39 Å². The topological polar surface area (TPSA) is 118 Å². The van der Waals surface area contributed by atoms with Gasteiger partial charge in [-0.05, 0) is 49.9 Å². The molecule has 3 N–H and O–H groups in total. The summed E-state index contributed by atoms with van der Waals surface area (Å²) < 4.78 is 65.1. The Balaban J connectivity index is 1.30. The van der Waals surface area contributed by atoms with Crippen LogP contribution >= 0.6 is 0 Å². The van der Waals surface area contributed by atoms with Crippen LogP contribution in [-0.4, -0.2) is 73.9 Å². The van der Waals surface area contributed by atoms with E-state index in [1.165, 1.54) is 48.5 Å². The lowest BCUT2D eigenvalue weighted by molar-refractivity contribution is -0.180. The van der Waals surface area contributed by atoms with Crippen molar-refractivity contribution in [2.24, 2.45) is 21.6 Å². The number of pyridine rings is 1. The Morgan fingerprint density at radius 2 is 1.83 bits per heavy atom. The molecule has 1 aromatic heterocycles. The molecule has 0 atom stereocenters. The number of alkyl halides is 3. The van der Waals surface area contributed by atoms with E-state index in [-0.39, 0.29) is 48.1 Å². The van der Waals surface area contributed by atoms with E-state index in [1.807, 2.05) is 0 Å². The number of nitrogens with two attached hydrogens (primary N) is 1. The number of benzene rings is 2. The number of anilines is 2. The zero-order valence-electron chi connectivity index (χ0n) is 25.1. The number of rotatable bonds is 10. The standard InChI is InChI=1S/C32H33F4N7O3/c1-4-30(44)42-11-8-20(9-12-42)40-27-15-23(26(38-2)16-28(27)45-3)31(37)41-25-6-5-21(13-24(25)33)46-22-7-10-39-29(14-22)43-17-19(18-43)32(34,35)36/h4-7,10,13-16,19-20,40H,1-2,8-9,11-12,17-18H2,3H3,(H2,37,41). The molecule has 46 heavy (non-hydrogen) atoms. The number of hydrogen-bond acceptors (Lipinski definition) is 8. The molecule has 1 amide bonds. The molecule has 2 aromatic carbocycles. The van der Waals surface area contributed by atoms with Gasteiger partial charge in [-0.25, -0.2) is 14.4 Å². The molecule has 0 aliphatic carbocycles. The summed E-state index contributed by atoms with van der Waals surface area (Å²) >= 11 is 0. The van der Waals surface area contributed by atoms with Gasteiger partial charge in [0, 0.05) is 62.2 Å². The first-order chi connectivity index (χ1) is 22.0. The number of aliphatic imine (C=N–C) groups is 2. The van der Waals surface area contributed by atoms with Crippen molar-refractivity contribution in [2.75, 3.05) is 43.5 Å². The molecule has 10 nitrogen and oxygen atoms in total. The summed E-state index contributed by atoms with van der Waals surface area (Å²) in [6, 6.07) is 10.5. The van der Waals surface area contributed by atoms with Gasteiger partial charge in [0.2, 0.25) is 5.91 Å². The van der Waals surface area contributed by atoms with Crippen molar-refractivity contribution in [3.05, 3.63) is 72.7 Å². The Hall–Kier alpha value is -5.14. The number of nitrogens with one attached hydrogen (secondary N) is 1. The van der Waals surface area contributed by atoms with Crippen LogP contribution in [0.25, 0.3) is 0 Å². The molecule has 2 aliphatic rings. The summed E-state index contributed by atoms with van der Waals surface area (Å²) in [4.78, 5) is 27.6. The zero-order valence-corrected chi connectivity index (χ0v) is 25.1. The number of hydrogen-bond donors (Lipinski definition) is 2. The van der Waals surface area contributed by atoms with Crippen molar-refractivity contribution in [1.29, 1.82) is 0 Å². The summed E-state index contributed by atoms with van der Waals surface area (Å²) in [7, 11) is 1.52. The van der Waals surface area contributed by atoms with Crippen LogP contribution in [0, 0.1) is 11.7 Å². The minimum Gasteiger partial charge on any atom is -0.495 e.